The monoisotopic (exact) mass is 302 g/mol. The fourth-order valence-electron chi connectivity index (χ4n) is 2.58. The summed E-state index contributed by atoms with van der Waals surface area (Å²) in [5.74, 6) is 0.692. The summed E-state index contributed by atoms with van der Waals surface area (Å²) in [7, 11) is 0. The lowest BCUT2D eigenvalue weighted by Gasteiger charge is -2.21. The molecular weight excluding hydrogens is 280 g/mol. The molecule has 0 aliphatic carbocycles. The number of rotatable bonds is 4. The molecule has 1 N–H and O–H groups in total. The zero-order valence-corrected chi connectivity index (χ0v) is 13.5. The Labute approximate surface area is 130 Å². The molecule has 1 atom stereocenters. The molecule has 1 fully saturated rings. The van der Waals surface area contributed by atoms with Crippen molar-refractivity contribution in [1.29, 1.82) is 0 Å². The quantitative estimate of drug-likeness (QED) is 0.935. The predicted octanol–water partition coefficient (Wildman–Crippen LogP) is 3.67. The van der Waals surface area contributed by atoms with E-state index in [4.69, 9.17) is 9.72 Å². The molecule has 0 bridgehead atoms. The molecular formula is C17H22N2OS. The Morgan fingerprint density at radius 1 is 1.33 bits per heavy atom. The van der Waals surface area contributed by atoms with Crippen LogP contribution in [0.5, 0.6) is 0 Å². The van der Waals surface area contributed by atoms with Crippen LogP contribution in [0.15, 0.2) is 29.6 Å². The molecule has 3 rings (SSSR count). The van der Waals surface area contributed by atoms with Crippen molar-refractivity contribution in [2.75, 3.05) is 19.7 Å². The van der Waals surface area contributed by atoms with Gasteiger partial charge >= 0.3 is 0 Å². The minimum Gasteiger partial charge on any atom is -0.368 e. The van der Waals surface area contributed by atoms with Gasteiger partial charge in [-0.25, -0.2) is 4.98 Å². The first-order chi connectivity index (χ1) is 10.2. The van der Waals surface area contributed by atoms with Crippen molar-refractivity contribution in [3.63, 3.8) is 0 Å². The maximum Gasteiger partial charge on any atom is 0.124 e. The Kier molecular flexibility index (Phi) is 4.68. The van der Waals surface area contributed by atoms with Crippen LogP contribution in [0.4, 0.5) is 0 Å². The Balaban J connectivity index is 1.73. The molecule has 1 aliphatic heterocycles. The zero-order valence-electron chi connectivity index (χ0n) is 12.6. The minimum atomic E-state index is 0.109. The summed E-state index contributed by atoms with van der Waals surface area (Å²) < 4.78 is 5.76. The van der Waals surface area contributed by atoms with Gasteiger partial charge in [0.25, 0.3) is 0 Å². The first-order valence-electron chi connectivity index (χ1n) is 7.59. The Hall–Kier alpha value is -1.23. The molecule has 0 saturated carbocycles. The highest BCUT2D eigenvalue weighted by Gasteiger charge is 2.19. The predicted molar refractivity (Wildman–Crippen MR) is 87.7 cm³/mol. The van der Waals surface area contributed by atoms with E-state index in [1.165, 1.54) is 11.1 Å². The highest BCUT2D eigenvalue weighted by molar-refractivity contribution is 7.10. The summed E-state index contributed by atoms with van der Waals surface area (Å²) in [5, 5.41) is 6.55. The molecule has 1 aromatic heterocycles. The van der Waals surface area contributed by atoms with Gasteiger partial charge in [-0.05, 0) is 17.9 Å². The Morgan fingerprint density at radius 2 is 2.14 bits per heavy atom. The van der Waals surface area contributed by atoms with E-state index in [1.807, 2.05) is 0 Å². The van der Waals surface area contributed by atoms with E-state index in [2.05, 4.69) is 48.8 Å². The third-order valence-electron chi connectivity index (χ3n) is 3.62. The van der Waals surface area contributed by atoms with Crippen LogP contribution < -0.4 is 5.32 Å². The van der Waals surface area contributed by atoms with Gasteiger partial charge in [0.1, 0.15) is 11.1 Å². The first kappa shape index (κ1) is 14.7. The number of thiazole rings is 1. The van der Waals surface area contributed by atoms with Gasteiger partial charge in [-0.3, -0.25) is 0 Å². The lowest BCUT2D eigenvalue weighted by Crippen LogP contribution is -2.33. The van der Waals surface area contributed by atoms with Gasteiger partial charge in [-0.1, -0.05) is 38.1 Å². The summed E-state index contributed by atoms with van der Waals surface area (Å²) >= 11 is 1.69. The van der Waals surface area contributed by atoms with Crippen LogP contribution in [-0.4, -0.2) is 24.7 Å². The van der Waals surface area contributed by atoms with Gasteiger partial charge in [-0.2, -0.15) is 0 Å². The maximum absolute atomic E-state index is 5.76. The number of hydrogen-bond acceptors (Lipinski definition) is 4. The van der Waals surface area contributed by atoms with Crippen LogP contribution in [0.25, 0.3) is 11.3 Å². The van der Waals surface area contributed by atoms with E-state index in [-0.39, 0.29) is 6.10 Å². The number of aromatic nitrogens is 1. The van der Waals surface area contributed by atoms with Gasteiger partial charge in [0.15, 0.2) is 0 Å². The van der Waals surface area contributed by atoms with Crippen molar-refractivity contribution in [3.05, 3.63) is 40.2 Å². The lowest BCUT2D eigenvalue weighted by atomic mass is 10.0. The Bertz CT molecular complexity index is 571. The van der Waals surface area contributed by atoms with Crippen molar-refractivity contribution >= 4 is 11.3 Å². The molecule has 0 radical (unpaired) electrons. The molecule has 1 aliphatic rings. The number of nitrogens with one attached hydrogen (secondary N) is 1. The third-order valence-corrected chi connectivity index (χ3v) is 4.56. The number of hydrogen-bond donors (Lipinski definition) is 1. The molecule has 1 aromatic carbocycles. The van der Waals surface area contributed by atoms with Gasteiger partial charge in [0.2, 0.25) is 0 Å². The van der Waals surface area contributed by atoms with Crippen LogP contribution >= 0.6 is 11.3 Å². The fourth-order valence-corrected chi connectivity index (χ4v) is 3.45. The Morgan fingerprint density at radius 3 is 2.81 bits per heavy atom. The van der Waals surface area contributed by atoms with Crippen LogP contribution in [0.3, 0.4) is 0 Å². The minimum absolute atomic E-state index is 0.109. The SMILES string of the molecule is CC(C)Cc1ccc(-c2csc(C3CNCCO3)n2)cc1. The van der Waals surface area contributed by atoms with Crippen molar-refractivity contribution in [1.82, 2.24) is 10.3 Å². The second kappa shape index (κ2) is 6.69. The van der Waals surface area contributed by atoms with Gasteiger partial charge in [-0.15, -0.1) is 11.3 Å². The summed E-state index contributed by atoms with van der Waals surface area (Å²) in [6.45, 7) is 7.06. The largest absolute Gasteiger partial charge is 0.368 e. The highest BCUT2D eigenvalue weighted by atomic mass is 32.1. The molecule has 0 spiro atoms. The number of morpholine rings is 1. The second-order valence-corrected chi connectivity index (χ2v) is 6.82. The molecule has 2 aromatic rings. The van der Waals surface area contributed by atoms with Crippen LogP contribution in [0.1, 0.15) is 30.5 Å². The molecule has 1 unspecified atom stereocenters. The third kappa shape index (κ3) is 3.70. The van der Waals surface area contributed by atoms with Gasteiger partial charge < -0.3 is 10.1 Å². The first-order valence-corrected chi connectivity index (χ1v) is 8.47. The van der Waals surface area contributed by atoms with Crippen molar-refractivity contribution in [3.8, 4) is 11.3 Å². The van der Waals surface area contributed by atoms with E-state index in [0.29, 0.717) is 5.92 Å². The average molecular weight is 302 g/mol. The smallest absolute Gasteiger partial charge is 0.124 e. The van der Waals surface area contributed by atoms with Gasteiger partial charge in [0.05, 0.1) is 12.3 Å². The summed E-state index contributed by atoms with van der Waals surface area (Å²) in [4.78, 5) is 4.75. The highest BCUT2D eigenvalue weighted by Crippen LogP contribution is 2.28. The van der Waals surface area contributed by atoms with E-state index in [1.54, 1.807) is 11.3 Å². The van der Waals surface area contributed by atoms with Crippen molar-refractivity contribution < 1.29 is 4.74 Å². The molecule has 21 heavy (non-hydrogen) atoms. The summed E-state index contributed by atoms with van der Waals surface area (Å²) in [5.41, 5.74) is 3.64. The van der Waals surface area contributed by atoms with Crippen LogP contribution in [-0.2, 0) is 11.2 Å². The normalized spacial score (nSPS) is 19.1. The van der Waals surface area contributed by atoms with Gasteiger partial charge in [0, 0.05) is 24.0 Å². The molecule has 4 heteroatoms. The van der Waals surface area contributed by atoms with Crippen molar-refractivity contribution in [2.45, 2.75) is 26.4 Å². The lowest BCUT2D eigenvalue weighted by molar-refractivity contribution is 0.0276. The summed E-state index contributed by atoms with van der Waals surface area (Å²) in [6.07, 6.45) is 1.24. The number of ether oxygens (including phenoxy) is 1. The fraction of sp³-hybridized carbons (Fsp3) is 0.471. The van der Waals surface area contributed by atoms with E-state index >= 15 is 0 Å². The number of benzene rings is 1. The topological polar surface area (TPSA) is 34.1 Å². The molecule has 3 nitrogen and oxygen atoms in total. The average Bonchev–Trinajstić information content (AvgIpc) is 2.98. The maximum atomic E-state index is 5.76. The zero-order chi connectivity index (χ0) is 14.7. The van der Waals surface area contributed by atoms with Crippen molar-refractivity contribution in [2.24, 2.45) is 5.92 Å². The van der Waals surface area contributed by atoms with E-state index < -0.39 is 0 Å². The van der Waals surface area contributed by atoms with Crippen LogP contribution in [0, 0.1) is 5.92 Å². The molecule has 112 valence electrons. The van der Waals surface area contributed by atoms with E-state index in [9.17, 15) is 0 Å². The molecule has 0 amide bonds. The molecule has 2 heterocycles. The standard InChI is InChI=1S/C17H22N2OS/c1-12(2)9-13-3-5-14(6-4-13)15-11-21-17(19-15)16-10-18-7-8-20-16/h3-6,11-12,16,18H,7-10H2,1-2H3. The van der Waals surface area contributed by atoms with Crippen LogP contribution in [0.2, 0.25) is 0 Å². The molecule has 1 saturated heterocycles. The summed E-state index contributed by atoms with van der Waals surface area (Å²) in [6, 6.07) is 8.78. The number of nitrogens with zero attached hydrogens (tertiary/aromatic N) is 1. The van der Waals surface area contributed by atoms with E-state index in [0.717, 1.165) is 36.8 Å². The second-order valence-electron chi connectivity index (χ2n) is 5.93.